The molecule has 0 heterocycles. The third-order valence-electron chi connectivity index (χ3n) is 2.54. The number of hydrogen-bond donors (Lipinski definition) is 1. The highest BCUT2D eigenvalue weighted by Crippen LogP contribution is 2.14. The summed E-state index contributed by atoms with van der Waals surface area (Å²) in [6.07, 6.45) is 1.39. The monoisotopic (exact) mass is 308 g/mol. The Balaban J connectivity index is 2.16. The summed E-state index contributed by atoms with van der Waals surface area (Å²) in [7, 11) is -3.52. The third kappa shape index (κ3) is 8.10. The van der Waals surface area contributed by atoms with Gasteiger partial charge in [-0.05, 0) is 43.0 Å². The molecule has 1 rings (SSSR count). The molecule has 2 atom stereocenters. The second-order valence-electron chi connectivity index (χ2n) is 4.23. The van der Waals surface area contributed by atoms with E-state index >= 15 is 0 Å². The Morgan fingerprint density at radius 2 is 1.89 bits per heavy atom. The van der Waals surface area contributed by atoms with Crippen LogP contribution < -0.4 is 4.74 Å². The molecule has 0 aliphatic carbocycles. The van der Waals surface area contributed by atoms with Gasteiger partial charge in [-0.3, -0.25) is 8.74 Å². The van der Waals surface area contributed by atoms with E-state index in [2.05, 4.69) is 15.4 Å². The van der Waals surface area contributed by atoms with Gasteiger partial charge in [-0.25, -0.2) is 4.39 Å². The zero-order chi connectivity index (χ0) is 14.3. The van der Waals surface area contributed by atoms with Crippen LogP contribution in [0, 0.1) is 11.7 Å². The average Bonchev–Trinajstić information content (AvgIpc) is 2.30. The molecule has 0 saturated heterocycles. The van der Waals surface area contributed by atoms with Crippen molar-refractivity contribution in [2.45, 2.75) is 19.8 Å². The molecule has 0 aliphatic heterocycles. The average molecular weight is 308 g/mol. The van der Waals surface area contributed by atoms with E-state index in [1.165, 1.54) is 12.1 Å². The molecule has 0 fully saturated rings. The Labute approximate surface area is 117 Å². The summed E-state index contributed by atoms with van der Waals surface area (Å²) < 4.78 is 42.1. The maximum Gasteiger partial charge on any atom is 0.266 e. The molecule has 0 aromatic heterocycles. The Hall–Kier alpha value is -0.760. The molecule has 0 amide bonds. The summed E-state index contributed by atoms with van der Waals surface area (Å²) in [4.78, 5) is 0. The van der Waals surface area contributed by atoms with Gasteiger partial charge in [-0.15, -0.1) is 0 Å². The maximum absolute atomic E-state index is 12.7. The Kier molecular flexibility index (Phi) is 6.64. The normalized spacial score (nSPS) is 15.7. The first-order valence-corrected chi connectivity index (χ1v) is 8.23. The van der Waals surface area contributed by atoms with Crippen LogP contribution in [0.2, 0.25) is 0 Å². The smallest absolute Gasteiger partial charge is 0.266 e. The fraction of sp³-hybridized carbons (Fsp3) is 0.500. The molecule has 19 heavy (non-hydrogen) atoms. The van der Waals surface area contributed by atoms with Crippen LogP contribution in [0.25, 0.3) is 0 Å². The third-order valence-corrected chi connectivity index (χ3v) is 3.29. The first-order chi connectivity index (χ1) is 8.87. The van der Waals surface area contributed by atoms with Crippen molar-refractivity contribution in [2.24, 2.45) is 5.92 Å². The predicted molar refractivity (Wildman–Crippen MR) is 74.4 cm³/mol. The number of hydrogen-bond acceptors (Lipinski definition) is 4. The van der Waals surface area contributed by atoms with Crippen molar-refractivity contribution in [3.63, 3.8) is 0 Å². The SMILES string of the molecule is CC(CCOc1ccc(F)cc1)CCOS(=O)(O)=S. The predicted octanol–water partition coefficient (Wildman–Crippen LogP) is 2.77. The Morgan fingerprint density at radius 3 is 2.47 bits per heavy atom. The van der Waals surface area contributed by atoms with Gasteiger partial charge < -0.3 is 4.74 Å². The first kappa shape index (κ1) is 16.3. The topological polar surface area (TPSA) is 55.8 Å². The van der Waals surface area contributed by atoms with E-state index < -0.39 is 9.05 Å². The van der Waals surface area contributed by atoms with E-state index in [1.54, 1.807) is 12.1 Å². The molecule has 108 valence electrons. The minimum atomic E-state index is -3.52. The van der Waals surface area contributed by atoms with Gasteiger partial charge >= 0.3 is 0 Å². The van der Waals surface area contributed by atoms with Crippen molar-refractivity contribution >= 4 is 20.2 Å². The summed E-state index contributed by atoms with van der Waals surface area (Å²) in [5.74, 6) is 0.598. The van der Waals surface area contributed by atoms with Crippen LogP contribution in [-0.2, 0) is 24.4 Å². The lowest BCUT2D eigenvalue weighted by Gasteiger charge is -2.12. The number of benzene rings is 1. The standard InChI is InChI=1S/C12H17FO4S2/c1-10(7-9-17-19(14,15)18)6-8-16-12-4-2-11(13)3-5-12/h2-5,10H,6-9H2,1H3,(H,14,15,18). The number of halogens is 1. The number of rotatable bonds is 8. The minimum Gasteiger partial charge on any atom is -0.494 e. The molecule has 7 heteroatoms. The van der Waals surface area contributed by atoms with Crippen LogP contribution >= 0.6 is 0 Å². The summed E-state index contributed by atoms with van der Waals surface area (Å²) in [6, 6.07) is 5.82. The lowest BCUT2D eigenvalue weighted by atomic mass is 10.1. The van der Waals surface area contributed by atoms with Crippen molar-refractivity contribution in [1.82, 2.24) is 0 Å². The number of ether oxygens (including phenoxy) is 1. The largest absolute Gasteiger partial charge is 0.494 e. The molecule has 4 nitrogen and oxygen atoms in total. The van der Waals surface area contributed by atoms with E-state index in [9.17, 15) is 8.60 Å². The zero-order valence-corrected chi connectivity index (χ0v) is 12.2. The maximum atomic E-state index is 12.7. The zero-order valence-electron chi connectivity index (χ0n) is 10.6. The lowest BCUT2D eigenvalue weighted by molar-refractivity contribution is 0.243. The lowest BCUT2D eigenvalue weighted by Crippen LogP contribution is -2.09. The van der Waals surface area contributed by atoms with Crippen LogP contribution in [0.15, 0.2) is 24.3 Å². The quantitative estimate of drug-likeness (QED) is 0.800. The fourth-order valence-corrected chi connectivity index (χ4v) is 1.92. The van der Waals surface area contributed by atoms with E-state index in [-0.39, 0.29) is 18.3 Å². The van der Waals surface area contributed by atoms with Crippen LogP contribution in [-0.4, -0.2) is 22.0 Å². The molecular weight excluding hydrogens is 291 g/mol. The van der Waals surface area contributed by atoms with Crippen molar-refractivity contribution in [3.05, 3.63) is 30.1 Å². The Morgan fingerprint density at radius 1 is 1.32 bits per heavy atom. The molecule has 1 aromatic rings. The molecule has 0 bridgehead atoms. The van der Waals surface area contributed by atoms with Gasteiger partial charge in [-0.2, -0.15) is 4.21 Å². The molecule has 1 N–H and O–H groups in total. The first-order valence-electron chi connectivity index (χ1n) is 5.87. The molecule has 0 aliphatic rings. The summed E-state index contributed by atoms with van der Waals surface area (Å²) >= 11 is 4.20. The molecular formula is C12H17FO4S2. The van der Waals surface area contributed by atoms with Crippen LogP contribution in [0.1, 0.15) is 19.8 Å². The molecule has 1 aromatic carbocycles. The van der Waals surface area contributed by atoms with Gasteiger partial charge in [0.15, 0.2) is 0 Å². The highest BCUT2D eigenvalue weighted by Gasteiger charge is 2.06. The molecule has 0 saturated carbocycles. The van der Waals surface area contributed by atoms with E-state index in [4.69, 9.17) is 9.29 Å². The second kappa shape index (κ2) is 7.74. The van der Waals surface area contributed by atoms with Gasteiger partial charge in [0, 0.05) is 11.2 Å². The van der Waals surface area contributed by atoms with Gasteiger partial charge in [0.05, 0.1) is 13.2 Å². The van der Waals surface area contributed by atoms with E-state index in [0.717, 1.165) is 6.42 Å². The fourth-order valence-electron chi connectivity index (χ4n) is 1.41. The summed E-state index contributed by atoms with van der Waals surface area (Å²) in [5.41, 5.74) is 0. The van der Waals surface area contributed by atoms with Gasteiger partial charge in [0.1, 0.15) is 11.6 Å². The van der Waals surface area contributed by atoms with Crippen molar-refractivity contribution in [3.8, 4) is 5.75 Å². The van der Waals surface area contributed by atoms with Crippen molar-refractivity contribution in [2.75, 3.05) is 13.2 Å². The van der Waals surface area contributed by atoms with Gasteiger partial charge in [-0.1, -0.05) is 6.92 Å². The summed E-state index contributed by atoms with van der Waals surface area (Å²) in [6.45, 7) is 2.63. The highest BCUT2D eigenvalue weighted by molar-refractivity contribution is 8.27. The van der Waals surface area contributed by atoms with E-state index in [1.807, 2.05) is 6.92 Å². The molecule has 0 radical (unpaired) electrons. The second-order valence-corrected chi connectivity index (χ2v) is 6.59. The van der Waals surface area contributed by atoms with Crippen LogP contribution in [0.5, 0.6) is 5.75 Å². The van der Waals surface area contributed by atoms with Crippen molar-refractivity contribution < 1.29 is 22.1 Å². The summed E-state index contributed by atoms with van der Waals surface area (Å²) in [5, 5.41) is 0. The van der Waals surface area contributed by atoms with Crippen LogP contribution in [0.4, 0.5) is 4.39 Å². The van der Waals surface area contributed by atoms with Gasteiger partial charge in [0.2, 0.25) is 0 Å². The van der Waals surface area contributed by atoms with E-state index in [0.29, 0.717) is 18.8 Å². The Bertz CT molecular complexity index is 473. The van der Waals surface area contributed by atoms with Crippen molar-refractivity contribution in [1.29, 1.82) is 0 Å². The minimum absolute atomic E-state index is 0.149. The molecule has 2 unspecified atom stereocenters. The molecule has 0 spiro atoms. The highest BCUT2D eigenvalue weighted by atomic mass is 32.9. The van der Waals surface area contributed by atoms with Gasteiger partial charge in [0.25, 0.3) is 9.05 Å². The van der Waals surface area contributed by atoms with Crippen LogP contribution in [0.3, 0.4) is 0 Å².